The minimum atomic E-state index is -0.226. The van der Waals surface area contributed by atoms with Crippen LogP contribution in [0.4, 0.5) is 11.4 Å². The molecule has 1 aromatic carbocycles. The van der Waals surface area contributed by atoms with E-state index in [4.69, 9.17) is 0 Å². The van der Waals surface area contributed by atoms with Crippen LogP contribution in [0.5, 0.6) is 0 Å². The van der Waals surface area contributed by atoms with E-state index in [1.54, 1.807) is 79.0 Å². The maximum atomic E-state index is 13.2. The summed E-state index contributed by atoms with van der Waals surface area (Å²) < 4.78 is 0. The Bertz CT molecular complexity index is 968. The number of carbonyl (C=O) groups excluding carboxylic acids is 2. The highest BCUT2D eigenvalue weighted by atomic mass is 16.2. The molecule has 0 saturated heterocycles. The maximum Gasteiger partial charge on any atom is 0.258 e. The molecular formula is C24H26N4O2. The molecule has 154 valence electrons. The van der Waals surface area contributed by atoms with Crippen LogP contribution in [0, 0.1) is 0 Å². The van der Waals surface area contributed by atoms with Gasteiger partial charge in [0.25, 0.3) is 11.8 Å². The molecule has 2 aromatic heterocycles. The minimum absolute atomic E-state index is 0.187. The van der Waals surface area contributed by atoms with Crippen LogP contribution in [0.2, 0.25) is 0 Å². The summed E-state index contributed by atoms with van der Waals surface area (Å²) in [6.45, 7) is 6.18. The molecule has 6 nitrogen and oxygen atoms in total. The van der Waals surface area contributed by atoms with E-state index in [9.17, 15) is 9.59 Å². The van der Waals surface area contributed by atoms with E-state index in [-0.39, 0.29) is 17.2 Å². The van der Waals surface area contributed by atoms with Crippen LogP contribution >= 0.6 is 0 Å². The van der Waals surface area contributed by atoms with E-state index in [1.165, 1.54) is 0 Å². The molecule has 30 heavy (non-hydrogen) atoms. The molecule has 0 atom stereocenters. The minimum Gasteiger partial charge on any atom is -0.311 e. The Labute approximate surface area is 177 Å². The topological polar surface area (TPSA) is 66.4 Å². The highest BCUT2D eigenvalue weighted by Crippen LogP contribution is 2.27. The largest absolute Gasteiger partial charge is 0.311 e. The van der Waals surface area contributed by atoms with E-state index >= 15 is 0 Å². The third-order valence-corrected chi connectivity index (χ3v) is 5.00. The number of benzene rings is 1. The second-order valence-corrected chi connectivity index (χ2v) is 8.19. The third-order valence-electron chi connectivity index (χ3n) is 5.00. The Kier molecular flexibility index (Phi) is 5.96. The monoisotopic (exact) mass is 402 g/mol. The zero-order valence-corrected chi connectivity index (χ0v) is 18.0. The number of amides is 2. The average Bonchev–Trinajstić information content (AvgIpc) is 2.77. The molecule has 0 radical (unpaired) electrons. The zero-order valence-electron chi connectivity index (χ0n) is 18.0. The Morgan fingerprint density at radius 3 is 1.40 bits per heavy atom. The van der Waals surface area contributed by atoms with Gasteiger partial charge in [-0.2, -0.15) is 0 Å². The molecule has 3 aromatic rings. The summed E-state index contributed by atoms with van der Waals surface area (Å²) in [5.74, 6) is -0.374. The highest BCUT2D eigenvalue weighted by molar-refractivity contribution is 6.10. The number of carbonyl (C=O) groups is 2. The lowest BCUT2D eigenvalue weighted by atomic mass is 9.84. The zero-order chi connectivity index (χ0) is 21.9. The summed E-state index contributed by atoms with van der Waals surface area (Å²) in [5, 5.41) is 0. The van der Waals surface area contributed by atoms with E-state index in [0.29, 0.717) is 11.1 Å². The standard InChI is InChI=1S/C24H26N4O2/c1-24(2,3)19-15-17(22(29)27(4)20-6-10-25-11-7-20)14-18(16-19)23(30)28(5)21-8-12-26-13-9-21/h6-16H,1-5H3. The van der Waals surface area contributed by atoms with E-state index in [2.05, 4.69) is 30.7 Å². The first-order chi connectivity index (χ1) is 14.2. The first-order valence-electron chi connectivity index (χ1n) is 9.70. The SMILES string of the molecule is CN(C(=O)c1cc(C(=O)N(C)c2ccncc2)cc(C(C)(C)C)c1)c1ccncc1. The van der Waals surface area contributed by atoms with Gasteiger partial charge in [-0.1, -0.05) is 20.8 Å². The van der Waals surface area contributed by atoms with Crippen LogP contribution in [0.3, 0.4) is 0 Å². The normalized spacial score (nSPS) is 11.1. The van der Waals surface area contributed by atoms with Gasteiger partial charge in [0.1, 0.15) is 0 Å². The number of hydrogen-bond donors (Lipinski definition) is 0. The van der Waals surface area contributed by atoms with Crippen molar-refractivity contribution in [2.24, 2.45) is 0 Å². The van der Waals surface area contributed by atoms with E-state index in [1.807, 2.05) is 12.1 Å². The van der Waals surface area contributed by atoms with Gasteiger partial charge in [-0.05, 0) is 53.4 Å². The molecule has 3 rings (SSSR count). The van der Waals surface area contributed by atoms with Gasteiger partial charge in [0.15, 0.2) is 0 Å². The van der Waals surface area contributed by atoms with Crippen molar-refractivity contribution >= 4 is 23.2 Å². The molecule has 0 aliphatic rings. The summed E-state index contributed by atoms with van der Waals surface area (Å²) in [6, 6.07) is 12.5. The summed E-state index contributed by atoms with van der Waals surface area (Å²) in [4.78, 5) is 37.5. The first-order valence-corrected chi connectivity index (χ1v) is 9.70. The number of hydrogen-bond acceptors (Lipinski definition) is 4. The fourth-order valence-corrected chi connectivity index (χ4v) is 3.06. The van der Waals surface area contributed by atoms with Crippen LogP contribution in [-0.4, -0.2) is 35.9 Å². The van der Waals surface area contributed by atoms with Crippen LogP contribution < -0.4 is 9.80 Å². The number of anilines is 2. The van der Waals surface area contributed by atoms with Crippen molar-refractivity contribution in [3.63, 3.8) is 0 Å². The summed E-state index contributed by atoms with van der Waals surface area (Å²) in [7, 11) is 3.43. The van der Waals surface area contributed by atoms with Crippen molar-refractivity contribution in [3.8, 4) is 0 Å². The highest BCUT2D eigenvalue weighted by Gasteiger charge is 2.23. The average molecular weight is 402 g/mol. The van der Waals surface area contributed by atoms with E-state index in [0.717, 1.165) is 16.9 Å². The van der Waals surface area contributed by atoms with Crippen LogP contribution in [0.15, 0.2) is 67.3 Å². The van der Waals surface area contributed by atoms with Crippen molar-refractivity contribution in [2.45, 2.75) is 26.2 Å². The van der Waals surface area contributed by atoms with Gasteiger partial charge in [-0.15, -0.1) is 0 Å². The summed E-state index contributed by atoms with van der Waals surface area (Å²) in [5.41, 5.74) is 3.09. The first kappa shape index (κ1) is 21.2. The molecule has 0 aliphatic heterocycles. The molecule has 0 unspecified atom stereocenters. The quantitative estimate of drug-likeness (QED) is 0.652. The molecule has 2 heterocycles. The molecule has 6 heteroatoms. The van der Waals surface area contributed by atoms with Crippen molar-refractivity contribution < 1.29 is 9.59 Å². The maximum absolute atomic E-state index is 13.2. The van der Waals surface area contributed by atoms with Gasteiger partial charge >= 0.3 is 0 Å². The van der Waals surface area contributed by atoms with Crippen molar-refractivity contribution in [1.29, 1.82) is 0 Å². The summed E-state index contributed by atoms with van der Waals surface area (Å²) in [6.07, 6.45) is 6.57. The second kappa shape index (κ2) is 8.45. The van der Waals surface area contributed by atoms with Gasteiger partial charge in [-0.25, -0.2) is 0 Å². The van der Waals surface area contributed by atoms with Crippen LogP contribution in [0.1, 0.15) is 47.1 Å². The third kappa shape index (κ3) is 4.54. The van der Waals surface area contributed by atoms with Gasteiger partial charge in [0.05, 0.1) is 0 Å². The van der Waals surface area contributed by atoms with Crippen molar-refractivity contribution in [1.82, 2.24) is 9.97 Å². The fraction of sp³-hybridized carbons (Fsp3) is 0.250. The predicted molar refractivity (Wildman–Crippen MR) is 119 cm³/mol. The van der Waals surface area contributed by atoms with Gasteiger partial charge < -0.3 is 9.80 Å². The lowest BCUT2D eigenvalue weighted by molar-refractivity contribution is 0.0992. The second-order valence-electron chi connectivity index (χ2n) is 8.19. The number of nitrogens with zero attached hydrogens (tertiary/aromatic N) is 4. The van der Waals surface area contributed by atoms with Gasteiger partial charge in [0.2, 0.25) is 0 Å². The summed E-state index contributed by atoms with van der Waals surface area (Å²) >= 11 is 0. The van der Waals surface area contributed by atoms with E-state index < -0.39 is 0 Å². The molecule has 0 aliphatic carbocycles. The van der Waals surface area contributed by atoms with Crippen molar-refractivity contribution in [3.05, 3.63) is 83.9 Å². The van der Waals surface area contributed by atoms with Gasteiger partial charge in [0, 0.05) is 61.4 Å². The Hall–Kier alpha value is -3.54. The Balaban J connectivity index is 2.02. The molecule has 2 amide bonds. The molecular weight excluding hydrogens is 376 g/mol. The molecule has 0 spiro atoms. The fourth-order valence-electron chi connectivity index (χ4n) is 3.06. The van der Waals surface area contributed by atoms with Gasteiger partial charge in [-0.3, -0.25) is 19.6 Å². The molecule has 0 N–H and O–H groups in total. The predicted octanol–water partition coefficient (Wildman–Crippen LogP) is 4.33. The molecule has 0 bridgehead atoms. The lowest BCUT2D eigenvalue weighted by Gasteiger charge is -2.24. The number of aromatic nitrogens is 2. The lowest BCUT2D eigenvalue weighted by Crippen LogP contribution is -2.29. The molecule has 0 fully saturated rings. The Morgan fingerprint density at radius 2 is 1.07 bits per heavy atom. The Morgan fingerprint density at radius 1 is 0.700 bits per heavy atom. The van der Waals surface area contributed by atoms with Crippen LogP contribution in [0.25, 0.3) is 0 Å². The molecule has 0 saturated carbocycles. The van der Waals surface area contributed by atoms with Crippen molar-refractivity contribution in [2.75, 3.05) is 23.9 Å². The number of pyridine rings is 2. The van der Waals surface area contributed by atoms with Crippen LogP contribution in [-0.2, 0) is 5.41 Å². The smallest absolute Gasteiger partial charge is 0.258 e. The number of rotatable bonds is 4.